The van der Waals surface area contributed by atoms with Crippen LogP contribution in [0.25, 0.3) is 10.9 Å². The van der Waals surface area contributed by atoms with Gasteiger partial charge >= 0.3 is 5.97 Å². The van der Waals surface area contributed by atoms with Crippen LogP contribution in [-0.4, -0.2) is 53.9 Å². The normalized spacial score (nSPS) is 15.7. The van der Waals surface area contributed by atoms with Crippen LogP contribution in [0.1, 0.15) is 76.7 Å². The predicted octanol–water partition coefficient (Wildman–Crippen LogP) is 4.75. The van der Waals surface area contributed by atoms with E-state index in [0.29, 0.717) is 18.9 Å². The van der Waals surface area contributed by atoms with Gasteiger partial charge in [-0.1, -0.05) is 70.1 Å². The second-order valence-corrected chi connectivity index (χ2v) is 9.80. The lowest BCUT2D eigenvalue weighted by Crippen LogP contribution is -2.51. The third kappa shape index (κ3) is 8.11. The average molecular weight is 484 g/mol. The number of carbonyl (C=O) groups excluding carboxylic acids is 3. The number of aromatic nitrogens is 1. The molecule has 1 aromatic heterocycles. The van der Waals surface area contributed by atoms with Crippen molar-refractivity contribution in [3.05, 3.63) is 36.0 Å². The lowest BCUT2D eigenvalue weighted by atomic mass is 9.90. The van der Waals surface area contributed by atoms with Crippen LogP contribution < -0.4 is 5.32 Å². The molecule has 192 valence electrons. The lowest BCUT2D eigenvalue weighted by Gasteiger charge is -2.31. The Morgan fingerprint density at radius 3 is 2.54 bits per heavy atom. The third-order valence-electron chi connectivity index (χ3n) is 7.07. The van der Waals surface area contributed by atoms with Crippen molar-refractivity contribution in [3.63, 3.8) is 0 Å². The molecule has 2 aromatic rings. The zero-order chi connectivity index (χ0) is 25.0. The summed E-state index contributed by atoms with van der Waals surface area (Å²) >= 11 is 0. The van der Waals surface area contributed by atoms with Gasteiger partial charge in [-0.2, -0.15) is 0 Å². The highest BCUT2D eigenvalue weighted by Crippen LogP contribution is 2.24. The van der Waals surface area contributed by atoms with Gasteiger partial charge in [-0.05, 0) is 36.8 Å². The molecule has 1 saturated carbocycles. The van der Waals surface area contributed by atoms with E-state index >= 15 is 0 Å². The summed E-state index contributed by atoms with van der Waals surface area (Å²) in [5.41, 5.74) is 1.89. The van der Waals surface area contributed by atoms with Crippen LogP contribution in [-0.2, 0) is 25.5 Å². The van der Waals surface area contributed by atoms with Crippen molar-refractivity contribution in [3.8, 4) is 0 Å². The van der Waals surface area contributed by atoms with E-state index in [-0.39, 0.29) is 24.8 Å². The topological polar surface area (TPSA) is 91.5 Å². The van der Waals surface area contributed by atoms with Crippen molar-refractivity contribution in [1.29, 1.82) is 0 Å². The highest BCUT2D eigenvalue weighted by atomic mass is 16.5. The Morgan fingerprint density at radius 1 is 1.11 bits per heavy atom. The Balaban J connectivity index is 1.71. The molecule has 0 saturated heterocycles. The number of unbranched alkanes of at least 4 members (excludes halogenated alkanes) is 1. The van der Waals surface area contributed by atoms with Crippen LogP contribution in [0.4, 0.5) is 0 Å². The molecule has 1 fully saturated rings. The summed E-state index contributed by atoms with van der Waals surface area (Å²) in [7, 11) is 1.35. The fraction of sp³-hybridized carbons (Fsp3) is 0.607. The number of fused-ring (bicyclic) bond motifs is 1. The number of nitrogens with zero attached hydrogens (tertiary/aromatic N) is 1. The molecule has 0 unspecified atom stereocenters. The zero-order valence-corrected chi connectivity index (χ0v) is 21.3. The minimum absolute atomic E-state index is 0.0766. The molecule has 7 heteroatoms. The number of methoxy groups -OCH3 is 1. The molecular weight excluding hydrogens is 442 g/mol. The molecule has 1 atom stereocenters. The van der Waals surface area contributed by atoms with Crippen molar-refractivity contribution in [1.82, 2.24) is 15.2 Å². The molecule has 1 aromatic carbocycles. The van der Waals surface area contributed by atoms with Crippen LogP contribution >= 0.6 is 0 Å². The van der Waals surface area contributed by atoms with E-state index in [0.717, 1.165) is 55.0 Å². The first kappa shape index (κ1) is 26.8. The first-order valence-electron chi connectivity index (χ1n) is 13.2. The van der Waals surface area contributed by atoms with E-state index in [1.807, 2.05) is 30.5 Å². The number of amides is 2. The summed E-state index contributed by atoms with van der Waals surface area (Å²) in [6, 6.07) is 7.22. The van der Waals surface area contributed by atoms with Crippen molar-refractivity contribution in [2.75, 3.05) is 20.2 Å². The quantitative estimate of drug-likeness (QED) is 0.451. The monoisotopic (exact) mass is 483 g/mol. The number of ether oxygens (including phenoxy) is 1. The van der Waals surface area contributed by atoms with Crippen LogP contribution in [0.5, 0.6) is 0 Å². The van der Waals surface area contributed by atoms with Gasteiger partial charge in [0, 0.05) is 23.6 Å². The number of esters is 1. The number of H-pyrrole nitrogens is 1. The Morgan fingerprint density at radius 2 is 1.83 bits per heavy atom. The number of hydrogen-bond donors (Lipinski definition) is 2. The summed E-state index contributed by atoms with van der Waals surface area (Å²) in [6.45, 7) is 2.53. The molecule has 35 heavy (non-hydrogen) atoms. The predicted molar refractivity (Wildman–Crippen MR) is 138 cm³/mol. The summed E-state index contributed by atoms with van der Waals surface area (Å²) in [5, 5.41) is 4.00. The van der Waals surface area contributed by atoms with E-state index in [2.05, 4.69) is 17.2 Å². The minimum atomic E-state index is -0.647. The Hall–Kier alpha value is -2.83. The summed E-state index contributed by atoms with van der Waals surface area (Å²) in [4.78, 5) is 43.7. The molecule has 0 spiro atoms. The van der Waals surface area contributed by atoms with Gasteiger partial charge in [0.05, 0.1) is 13.5 Å². The van der Waals surface area contributed by atoms with Gasteiger partial charge in [0.2, 0.25) is 11.8 Å². The second-order valence-electron chi connectivity index (χ2n) is 9.80. The maximum Gasteiger partial charge on any atom is 0.325 e. The van der Waals surface area contributed by atoms with Crippen molar-refractivity contribution < 1.29 is 19.1 Å². The number of rotatable bonds is 11. The highest BCUT2D eigenvalue weighted by Gasteiger charge is 2.29. The van der Waals surface area contributed by atoms with Crippen LogP contribution in [0, 0.1) is 5.92 Å². The van der Waals surface area contributed by atoms with Gasteiger partial charge in [0.1, 0.15) is 12.6 Å². The van der Waals surface area contributed by atoms with Crippen molar-refractivity contribution in [2.45, 2.75) is 83.6 Å². The number of para-hydroxylation sites is 1. The molecule has 1 aliphatic rings. The van der Waals surface area contributed by atoms with Gasteiger partial charge in [-0.15, -0.1) is 0 Å². The molecule has 0 radical (unpaired) electrons. The van der Waals surface area contributed by atoms with E-state index in [4.69, 9.17) is 4.74 Å². The van der Waals surface area contributed by atoms with Crippen molar-refractivity contribution >= 4 is 28.7 Å². The molecule has 1 heterocycles. The average Bonchev–Trinajstić information content (AvgIpc) is 3.24. The van der Waals surface area contributed by atoms with Gasteiger partial charge < -0.3 is 19.9 Å². The number of carbonyl (C=O) groups is 3. The maximum atomic E-state index is 13.7. The van der Waals surface area contributed by atoms with Gasteiger partial charge in [-0.25, -0.2) is 0 Å². The molecule has 2 amide bonds. The van der Waals surface area contributed by atoms with Crippen LogP contribution in [0.15, 0.2) is 30.5 Å². The fourth-order valence-corrected chi connectivity index (χ4v) is 5.07. The molecule has 0 aliphatic heterocycles. The maximum absolute atomic E-state index is 13.7. The molecule has 0 bridgehead atoms. The standard InChI is InChI=1S/C28H41N3O4/c1-3-4-15-25(30-26(32)17-22-18-29-24-16-11-10-14-23(22)24)28(34)31(20-27(33)35-2)19-21-12-8-6-5-7-9-13-21/h10-11,14,16,18,21,25,29H,3-9,12-13,15,17,19-20H2,1-2H3,(H,30,32)/t25-/m0/s1. The summed E-state index contributed by atoms with van der Waals surface area (Å²) < 4.78 is 4.89. The fourth-order valence-electron chi connectivity index (χ4n) is 5.07. The largest absolute Gasteiger partial charge is 0.468 e. The number of aromatic amines is 1. The molecule has 2 N–H and O–H groups in total. The van der Waals surface area contributed by atoms with Crippen molar-refractivity contribution in [2.24, 2.45) is 5.92 Å². The Kier molecular flexibility index (Phi) is 10.6. The smallest absolute Gasteiger partial charge is 0.325 e. The first-order chi connectivity index (χ1) is 17.0. The van der Waals surface area contributed by atoms with E-state index in [1.165, 1.54) is 26.4 Å². The first-order valence-corrected chi connectivity index (χ1v) is 13.2. The van der Waals surface area contributed by atoms with Crippen LogP contribution in [0.3, 0.4) is 0 Å². The SMILES string of the molecule is CCCC[C@H](NC(=O)Cc1c[nH]c2ccccc12)C(=O)N(CC(=O)OC)CC1CCCCCCC1. The highest BCUT2D eigenvalue weighted by molar-refractivity contribution is 5.92. The van der Waals surface area contributed by atoms with Gasteiger partial charge in [-0.3, -0.25) is 14.4 Å². The molecule has 3 rings (SSSR count). The van der Waals surface area contributed by atoms with E-state index in [9.17, 15) is 14.4 Å². The third-order valence-corrected chi connectivity index (χ3v) is 7.07. The van der Waals surface area contributed by atoms with Gasteiger partial charge in [0.25, 0.3) is 0 Å². The molecule has 7 nitrogen and oxygen atoms in total. The number of hydrogen-bond acceptors (Lipinski definition) is 4. The summed E-state index contributed by atoms with van der Waals surface area (Å²) in [6.07, 6.45) is 12.5. The number of nitrogens with one attached hydrogen (secondary N) is 2. The lowest BCUT2D eigenvalue weighted by molar-refractivity contribution is -0.148. The van der Waals surface area contributed by atoms with E-state index in [1.54, 1.807) is 4.90 Å². The van der Waals surface area contributed by atoms with Crippen LogP contribution in [0.2, 0.25) is 0 Å². The summed E-state index contributed by atoms with van der Waals surface area (Å²) in [5.74, 6) is -0.424. The van der Waals surface area contributed by atoms with Gasteiger partial charge in [0.15, 0.2) is 0 Å². The van der Waals surface area contributed by atoms with E-state index < -0.39 is 12.0 Å². The Bertz CT molecular complexity index is 962. The number of benzene rings is 1. The molecular formula is C28H41N3O4. The minimum Gasteiger partial charge on any atom is -0.468 e. The zero-order valence-electron chi connectivity index (χ0n) is 21.3. The molecule has 1 aliphatic carbocycles. The second kappa shape index (κ2) is 13.9. The Labute approximate surface area is 209 Å².